The summed E-state index contributed by atoms with van der Waals surface area (Å²) in [5.74, 6) is 0.260. The van der Waals surface area contributed by atoms with Crippen LogP contribution in [0.5, 0.6) is 0 Å². The number of ketones is 1. The van der Waals surface area contributed by atoms with Crippen LogP contribution < -0.4 is 0 Å². The van der Waals surface area contributed by atoms with Crippen LogP contribution in [-0.4, -0.2) is 5.78 Å². The van der Waals surface area contributed by atoms with Crippen LogP contribution in [0.2, 0.25) is 0 Å². The van der Waals surface area contributed by atoms with Crippen LogP contribution in [-0.2, 0) is 4.79 Å². The average molecular weight is 164 g/mol. The molecule has 0 amide bonds. The summed E-state index contributed by atoms with van der Waals surface area (Å²) in [4.78, 5) is 10.9. The van der Waals surface area contributed by atoms with Gasteiger partial charge in [-0.15, -0.1) is 0 Å². The van der Waals surface area contributed by atoms with Crippen molar-refractivity contribution < 1.29 is 4.79 Å². The summed E-state index contributed by atoms with van der Waals surface area (Å²) in [6.07, 6.45) is 5.07. The molecule has 0 bridgehead atoms. The van der Waals surface area contributed by atoms with E-state index in [4.69, 9.17) is 0 Å². The summed E-state index contributed by atoms with van der Waals surface area (Å²) in [6, 6.07) is 0. The molecule has 0 saturated carbocycles. The molecule has 1 aliphatic rings. The highest BCUT2D eigenvalue weighted by atomic mass is 16.1. The zero-order valence-corrected chi connectivity index (χ0v) is 8.11. The van der Waals surface area contributed by atoms with Crippen LogP contribution in [0.3, 0.4) is 0 Å². The Morgan fingerprint density at radius 2 is 2.08 bits per heavy atom. The van der Waals surface area contributed by atoms with Crippen LogP contribution in [0, 0.1) is 0 Å². The first-order valence-electron chi connectivity index (χ1n) is 4.45. The molecule has 0 unspecified atom stereocenters. The van der Waals surface area contributed by atoms with Gasteiger partial charge in [-0.25, -0.2) is 0 Å². The molecule has 0 aromatic rings. The normalized spacial score (nSPS) is 17.8. The summed E-state index contributed by atoms with van der Waals surface area (Å²) >= 11 is 0. The topological polar surface area (TPSA) is 17.1 Å². The largest absolute Gasteiger partial charge is 0.300 e. The first-order valence-corrected chi connectivity index (χ1v) is 4.45. The Morgan fingerprint density at radius 1 is 1.42 bits per heavy atom. The van der Waals surface area contributed by atoms with Crippen molar-refractivity contribution in [1.82, 2.24) is 0 Å². The molecule has 0 spiro atoms. The Kier molecular flexibility index (Phi) is 2.85. The SMILES string of the molecule is CC(=O)CC1=C(C)CCC(C)=C1. The number of Topliss-reactive ketones (excluding diaryl/α,β-unsaturated/α-hetero) is 1. The third-order valence-corrected chi connectivity index (χ3v) is 2.30. The van der Waals surface area contributed by atoms with Gasteiger partial charge >= 0.3 is 0 Å². The van der Waals surface area contributed by atoms with Gasteiger partial charge in [0.2, 0.25) is 0 Å². The molecule has 0 N–H and O–H groups in total. The van der Waals surface area contributed by atoms with E-state index in [1.807, 2.05) is 0 Å². The molecule has 66 valence electrons. The van der Waals surface area contributed by atoms with Crippen molar-refractivity contribution in [3.8, 4) is 0 Å². The van der Waals surface area contributed by atoms with Gasteiger partial charge in [-0.1, -0.05) is 17.2 Å². The van der Waals surface area contributed by atoms with Crippen molar-refractivity contribution in [2.24, 2.45) is 0 Å². The van der Waals surface area contributed by atoms with E-state index < -0.39 is 0 Å². The van der Waals surface area contributed by atoms with Crippen molar-refractivity contribution >= 4 is 5.78 Å². The lowest BCUT2D eigenvalue weighted by Gasteiger charge is -2.14. The van der Waals surface area contributed by atoms with Gasteiger partial charge in [0.1, 0.15) is 5.78 Å². The first-order chi connectivity index (χ1) is 5.59. The van der Waals surface area contributed by atoms with Crippen molar-refractivity contribution in [2.45, 2.75) is 40.0 Å². The number of rotatable bonds is 2. The predicted molar refractivity (Wildman–Crippen MR) is 51.0 cm³/mol. The fraction of sp³-hybridized carbons (Fsp3) is 0.545. The second kappa shape index (κ2) is 3.70. The quantitative estimate of drug-likeness (QED) is 0.613. The molecule has 0 aromatic heterocycles. The second-order valence-electron chi connectivity index (χ2n) is 3.68. The van der Waals surface area contributed by atoms with Crippen LogP contribution in [0.25, 0.3) is 0 Å². The Morgan fingerprint density at radius 3 is 2.67 bits per heavy atom. The molecule has 0 radical (unpaired) electrons. The van der Waals surface area contributed by atoms with Gasteiger partial charge in [0.05, 0.1) is 0 Å². The van der Waals surface area contributed by atoms with E-state index in [9.17, 15) is 4.79 Å². The maximum Gasteiger partial charge on any atom is 0.134 e. The molecular weight excluding hydrogens is 148 g/mol. The van der Waals surface area contributed by atoms with Gasteiger partial charge in [-0.05, 0) is 39.2 Å². The van der Waals surface area contributed by atoms with E-state index in [1.54, 1.807) is 6.92 Å². The van der Waals surface area contributed by atoms with Gasteiger partial charge in [-0.2, -0.15) is 0 Å². The number of allylic oxidation sites excluding steroid dienone is 4. The van der Waals surface area contributed by atoms with Crippen molar-refractivity contribution in [2.75, 3.05) is 0 Å². The van der Waals surface area contributed by atoms with Crippen molar-refractivity contribution in [3.63, 3.8) is 0 Å². The average Bonchev–Trinajstić information content (AvgIpc) is 1.96. The van der Waals surface area contributed by atoms with E-state index in [1.165, 1.54) is 16.7 Å². The van der Waals surface area contributed by atoms with E-state index in [0.717, 1.165) is 12.8 Å². The van der Waals surface area contributed by atoms with Crippen LogP contribution in [0.4, 0.5) is 0 Å². The van der Waals surface area contributed by atoms with Crippen LogP contribution >= 0.6 is 0 Å². The molecule has 0 saturated heterocycles. The lowest BCUT2D eigenvalue weighted by Crippen LogP contribution is -1.99. The highest BCUT2D eigenvalue weighted by Crippen LogP contribution is 2.25. The van der Waals surface area contributed by atoms with E-state index >= 15 is 0 Å². The molecule has 1 heteroatoms. The highest BCUT2D eigenvalue weighted by Gasteiger charge is 2.08. The lowest BCUT2D eigenvalue weighted by molar-refractivity contribution is -0.116. The number of carbonyl (C=O) groups excluding carboxylic acids is 1. The minimum absolute atomic E-state index is 0.260. The van der Waals surface area contributed by atoms with E-state index in [-0.39, 0.29) is 5.78 Å². The summed E-state index contributed by atoms with van der Waals surface area (Å²) in [5, 5.41) is 0. The monoisotopic (exact) mass is 164 g/mol. The highest BCUT2D eigenvalue weighted by molar-refractivity contribution is 5.79. The summed E-state index contributed by atoms with van der Waals surface area (Å²) < 4.78 is 0. The van der Waals surface area contributed by atoms with E-state index in [0.29, 0.717) is 6.42 Å². The third-order valence-electron chi connectivity index (χ3n) is 2.30. The molecular formula is C11H16O. The second-order valence-corrected chi connectivity index (χ2v) is 3.68. The zero-order valence-electron chi connectivity index (χ0n) is 8.11. The number of hydrogen-bond acceptors (Lipinski definition) is 1. The Bertz CT molecular complexity index is 256. The molecule has 0 heterocycles. The van der Waals surface area contributed by atoms with E-state index in [2.05, 4.69) is 19.9 Å². The molecule has 0 atom stereocenters. The lowest BCUT2D eigenvalue weighted by atomic mass is 9.91. The predicted octanol–water partition coefficient (Wildman–Crippen LogP) is 3.02. The Labute approximate surface area is 74.2 Å². The minimum atomic E-state index is 0.260. The number of hydrogen-bond donors (Lipinski definition) is 0. The van der Waals surface area contributed by atoms with Crippen molar-refractivity contribution in [1.29, 1.82) is 0 Å². The zero-order chi connectivity index (χ0) is 9.14. The van der Waals surface area contributed by atoms with Gasteiger partial charge in [0, 0.05) is 6.42 Å². The Hall–Kier alpha value is -0.850. The minimum Gasteiger partial charge on any atom is -0.300 e. The number of carbonyl (C=O) groups is 1. The smallest absolute Gasteiger partial charge is 0.134 e. The molecule has 1 rings (SSSR count). The molecule has 1 nitrogen and oxygen atoms in total. The maximum absolute atomic E-state index is 10.9. The van der Waals surface area contributed by atoms with Crippen molar-refractivity contribution in [3.05, 3.63) is 22.8 Å². The van der Waals surface area contributed by atoms with Gasteiger partial charge in [0.25, 0.3) is 0 Å². The Balaban J connectivity index is 2.78. The fourth-order valence-electron chi connectivity index (χ4n) is 1.51. The molecule has 0 aromatic carbocycles. The maximum atomic E-state index is 10.9. The summed E-state index contributed by atoms with van der Waals surface area (Å²) in [7, 11) is 0. The van der Waals surface area contributed by atoms with Gasteiger partial charge in [0.15, 0.2) is 0 Å². The standard InChI is InChI=1S/C11H16O/c1-8-4-5-9(2)11(6-8)7-10(3)12/h6H,4-5,7H2,1-3H3. The molecule has 12 heavy (non-hydrogen) atoms. The summed E-state index contributed by atoms with van der Waals surface area (Å²) in [6.45, 7) is 5.91. The third kappa shape index (κ3) is 2.33. The first kappa shape index (κ1) is 9.24. The summed E-state index contributed by atoms with van der Waals surface area (Å²) in [5.41, 5.74) is 4.03. The van der Waals surface area contributed by atoms with Gasteiger partial charge in [-0.3, -0.25) is 4.79 Å². The fourth-order valence-corrected chi connectivity index (χ4v) is 1.51. The molecule has 1 aliphatic carbocycles. The molecule has 0 aliphatic heterocycles. The van der Waals surface area contributed by atoms with Crippen LogP contribution in [0.1, 0.15) is 40.0 Å². The van der Waals surface area contributed by atoms with Crippen LogP contribution in [0.15, 0.2) is 22.8 Å². The van der Waals surface area contributed by atoms with Gasteiger partial charge < -0.3 is 0 Å². The molecule has 0 fully saturated rings.